The van der Waals surface area contributed by atoms with Gasteiger partial charge in [0.2, 0.25) is 17.7 Å². The number of rotatable bonds is 20. The number of nitrogens with zero attached hydrogens (tertiary/aromatic N) is 5. The highest BCUT2D eigenvalue weighted by Gasteiger charge is 2.47. The molecule has 6 amide bonds. The Kier molecular flexibility index (Phi) is 15.6. The van der Waals surface area contributed by atoms with Crippen molar-refractivity contribution < 1.29 is 43.8 Å². The first-order chi connectivity index (χ1) is 22.7. The lowest BCUT2D eigenvalue weighted by atomic mass is 10.00. The molecular formula is C28H46N10O10. The van der Waals surface area contributed by atoms with Crippen molar-refractivity contribution in [1.82, 2.24) is 30.7 Å². The summed E-state index contributed by atoms with van der Waals surface area (Å²) in [6.45, 7) is 3.97. The van der Waals surface area contributed by atoms with Gasteiger partial charge in [-0.2, -0.15) is 4.91 Å². The summed E-state index contributed by atoms with van der Waals surface area (Å²) in [5.41, 5.74) is 10.7. The van der Waals surface area contributed by atoms with Crippen LogP contribution in [-0.2, 0) is 28.8 Å². The molecular weight excluding hydrogens is 636 g/mol. The van der Waals surface area contributed by atoms with Crippen molar-refractivity contribution in [3.05, 3.63) is 4.91 Å². The van der Waals surface area contributed by atoms with Gasteiger partial charge in [0.05, 0.1) is 25.4 Å². The number of guanidine groups is 1. The van der Waals surface area contributed by atoms with Crippen LogP contribution in [0.3, 0.4) is 0 Å². The van der Waals surface area contributed by atoms with Gasteiger partial charge in [-0.25, -0.2) is 9.69 Å². The Balaban J connectivity index is 2.16. The highest BCUT2D eigenvalue weighted by atomic mass is 16.4. The van der Waals surface area contributed by atoms with E-state index in [1.807, 2.05) is 13.8 Å². The molecule has 268 valence electrons. The van der Waals surface area contributed by atoms with Gasteiger partial charge in [-0.3, -0.25) is 38.7 Å². The minimum absolute atomic E-state index is 0.00796. The summed E-state index contributed by atoms with van der Waals surface area (Å²) < 4.78 is 0. The molecule has 2 heterocycles. The lowest BCUT2D eigenvalue weighted by Crippen LogP contribution is -2.60. The van der Waals surface area contributed by atoms with Crippen LogP contribution in [0.25, 0.3) is 0 Å². The Morgan fingerprint density at radius 3 is 2.19 bits per heavy atom. The smallest absolute Gasteiger partial charge is 0.325 e. The lowest BCUT2D eigenvalue weighted by molar-refractivity contribution is -0.145. The molecule has 0 unspecified atom stereocenters. The summed E-state index contributed by atoms with van der Waals surface area (Å²) in [6, 6.07) is -5.28. The number of imide groups is 1. The number of nitroso groups, excluding NO2 is 1. The number of carbonyl (C=O) groups excluding carboxylic acids is 5. The zero-order valence-corrected chi connectivity index (χ0v) is 27.1. The maximum Gasteiger partial charge on any atom is 0.325 e. The Morgan fingerprint density at radius 2 is 1.62 bits per heavy atom. The van der Waals surface area contributed by atoms with Gasteiger partial charge in [0.15, 0.2) is 5.96 Å². The zero-order chi connectivity index (χ0) is 36.0. The van der Waals surface area contributed by atoms with Gasteiger partial charge in [0.25, 0.3) is 5.91 Å². The molecule has 2 rings (SSSR count). The maximum absolute atomic E-state index is 13.7. The first-order valence-electron chi connectivity index (χ1n) is 15.7. The largest absolute Gasteiger partial charge is 0.481 e. The van der Waals surface area contributed by atoms with Gasteiger partial charge >= 0.3 is 18.0 Å². The fraction of sp³-hybridized carbons (Fsp3) is 0.714. The van der Waals surface area contributed by atoms with Gasteiger partial charge in [-0.1, -0.05) is 19.0 Å². The van der Waals surface area contributed by atoms with Crippen LogP contribution >= 0.6 is 0 Å². The first-order valence-corrected chi connectivity index (χ1v) is 15.7. The highest BCUT2D eigenvalue weighted by Crippen LogP contribution is 2.22. The number of nitrogens with two attached hydrogens (primary N) is 2. The van der Waals surface area contributed by atoms with Crippen LogP contribution in [0, 0.1) is 10.8 Å². The summed E-state index contributed by atoms with van der Waals surface area (Å²) >= 11 is 0. The van der Waals surface area contributed by atoms with E-state index in [0.717, 1.165) is 4.90 Å². The number of carbonyl (C=O) groups is 7. The fourth-order valence-corrected chi connectivity index (χ4v) is 5.49. The molecule has 0 saturated carbocycles. The second-order valence-corrected chi connectivity index (χ2v) is 11.9. The van der Waals surface area contributed by atoms with E-state index >= 15 is 0 Å². The molecule has 0 spiro atoms. The van der Waals surface area contributed by atoms with E-state index in [9.17, 15) is 38.5 Å². The number of aliphatic carboxylic acids is 2. The maximum atomic E-state index is 13.7. The molecule has 0 aromatic rings. The van der Waals surface area contributed by atoms with E-state index in [-0.39, 0.29) is 83.4 Å². The SMILES string of the molecule is CC(C)C[C@H](C(=O)N1CCN([C@@H](CCN=O)C(=O)N[C@@H](CCCN=C(N)N)C(=O)NCCC(=O)O)CC1)N1C(=O)N[C@@H](CC(=O)O)C1=O. The molecule has 2 fully saturated rings. The second-order valence-electron chi connectivity index (χ2n) is 11.9. The monoisotopic (exact) mass is 682 g/mol. The van der Waals surface area contributed by atoms with Crippen molar-refractivity contribution >= 4 is 47.6 Å². The molecule has 9 N–H and O–H groups in total. The number of nitrogens with one attached hydrogen (secondary N) is 3. The predicted molar refractivity (Wildman–Crippen MR) is 169 cm³/mol. The average Bonchev–Trinajstić information content (AvgIpc) is 3.28. The molecule has 0 aromatic heterocycles. The molecule has 0 radical (unpaired) electrons. The van der Waals surface area contributed by atoms with Gasteiger partial charge in [0.1, 0.15) is 18.1 Å². The van der Waals surface area contributed by atoms with Crippen LogP contribution in [-0.4, -0.2) is 142 Å². The third-order valence-corrected chi connectivity index (χ3v) is 7.80. The number of carboxylic acid groups (broad SMARTS) is 2. The predicted octanol–water partition coefficient (Wildman–Crippen LogP) is -2.41. The van der Waals surface area contributed by atoms with Crippen LogP contribution in [0.4, 0.5) is 4.79 Å². The van der Waals surface area contributed by atoms with Crippen LogP contribution in [0.2, 0.25) is 0 Å². The zero-order valence-electron chi connectivity index (χ0n) is 27.1. The Labute approximate surface area is 276 Å². The van der Waals surface area contributed by atoms with Crippen molar-refractivity contribution in [2.75, 3.05) is 45.8 Å². The van der Waals surface area contributed by atoms with Crippen molar-refractivity contribution in [3.8, 4) is 0 Å². The number of hydrogen-bond donors (Lipinski definition) is 7. The molecule has 20 heteroatoms. The minimum Gasteiger partial charge on any atom is -0.481 e. The highest BCUT2D eigenvalue weighted by molar-refractivity contribution is 6.08. The van der Waals surface area contributed by atoms with E-state index < -0.39 is 72.2 Å². The van der Waals surface area contributed by atoms with Crippen molar-refractivity contribution in [3.63, 3.8) is 0 Å². The molecule has 2 saturated heterocycles. The summed E-state index contributed by atoms with van der Waals surface area (Å²) in [5, 5.41) is 28.4. The molecule has 4 atom stereocenters. The molecule has 48 heavy (non-hydrogen) atoms. The normalized spacial score (nSPS) is 18.4. The lowest BCUT2D eigenvalue weighted by Gasteiger charge is -2.40. The third-order valence-electron chi connectivity index (χ3n) is 7.80. The summed E-state index contributed by atoms with van der Waals surface area (Å²) in [5.74, 6) is -5.13. The average molecular weight is 683 g/mol. The van der Waals surface area contributed by atoms with Crippen LogP contribution in [0.5, 0.6) is 0 Å². The van der Waals surface area contributed by atoms with Gasteiger partial charge in [0, 0.05) is 39.3 Å². The number of amides is 6. The third kappa shape index (κ3) is 12.0. The summed E-state index contributed by atoms with van der Waals surface area (Å²) in [6.07, 6.45) is -0.364. The second kappa shape index (κ2) is 19.1. The van der Waals surface area contributed by atoms with Crippen molar-refractivity contribution in [2.45, 2.75) is 76.5 Å². The quantitative estimate of drug-likeness (QED) is 0.0232. The van der Waals surface area contributed by atoms with Crippen LogP contribution in [0.15, 0.2) is 10.2 Å². The van der Waals surface area contributed by atoms with E-state index in [1.165, 1.54) is 4.90 Å². The van der Waals surface area contributed by atoms with Gasteiger partial charge in [-0.15, -0.1) is 0 Å². The van der Waals surface area contributed by atoms with Crippen LogP contribution < -0.4 is 27.4 Å². The van der Waals surface area contributed by atoms with Crippen LogP contribution in [0.1, 0.15) is 52.4 Å². The Hall–Kier alpha value is -4.88. The van der Waals surface area contributed by atoms with Gasteiger partial charge in [-0.05, 0) is 31.6 Å². The minimum atomic E-state index is -1.28. The topological polar surface area (TPSA) is 300 Å². The standard InChI is InChI=1S/C28H46N10O10/c1-16(2)14-20(38-25(45)18(15-22(41)42)35-28(38)47)26(46)37-12-10-36(11-13-37)19(5-9-33-48)24(44)34-17(4-3-7-32-27(29)30)23(43)31-8-6-21(39)40/h16-20H,3-15H2,1-2H3,(H,31,43)(H,34,44)(H,35,47)(H,39,40)(H,41,42)(H4,29,30,32)/t17-,18-,19-,20+/m0/s1. The van der Waals surface area contributed by atoms with Crippen molar-refractivity contribution in [1.29, 1.82) is 0 Å². The molecule has 20 nitrogen and oxygen atoms in total. The van der Waals surface area contributed by atoms with E-state index in [2.05, 4.69) is 26.1 Å². The number of hydrogen-bond acceptors (Lipinski definition) is 11. The number of piperazine rings is 1. The first kappa shape index (κ1) is 39.3. The molecule has 0 aromatic carbocycles. The number of carboxylic acids is 2. The molecule has 0 bridgehead atoms. The number of aliphatic imine (C=N–C) groups is 1. The van der Waals surface area contributed by atoms with E-state index in [4.69, 9.17) is 21.7 Å². The van der Waals surface area contributed by atoms with E-state index in [0.29, 0.717) is 6.42 Å². The van der Waals surface area contributed by atoms with Crippen molar-refractivity contribution in [2.24, 2.45) is 27.6 Å². The van der Waals surface area contributed by atoms with Gasteiger partial charge < -0.3 is 42.5 Å². The Bertz CT molecular complexity index is 1230. The Morgan fingerprint density at radius 1 is 0.958 bits per heavy atom. The molecule has 2 aliphatic rings. The molecule has 2 aliphatic heterocycles. The summed E-state index contributed by atoms with van der Waals surface area (Å²) in [4.78, 5) is 107. The molecule has 0 aliphatic carbocycles. The summed E-state index contributed by atoms with van der Waals surface area (Å²) in [7, 11) is 0. The van der Waals surface area contributed by atoms with E-state index in [1.54, 1.807) is 4.90 Å². The number of urea groups is 1. The fourth-order valence-electron chi connectivity index (χ4n) is 5.49.